The Bertz CT molecular complexity index is 91.8. The van der Waals surface area contributed by atoms with E-state index in [-0.39, 0.29) is 6.61 Å². The number of hydrogen-bond acceptors (Lipinski definition) is 2. The third-order valence-electron chi connectivity index (χ3n) is 2.53. The molecule has 0 rings (SSSR count). The molecule has 0 saturated heterocycles. The summed E-state index contributed by atoms with van der Waals surface area (Å²) in [4.78, 5) is 2.32. The van der Waals surface area contributed by atoms with E-state index >= 15 is 0 Å². The molecule has 12 heavy (non-hydrogen) atoms. The minimum absolute atomic E-state index is 0.286. The Labute approximate surface area is 76.6 Å². The molecule has 0 aliphatic rings. The molecule has 2 heteroatoms. The summed E-state index contributed by atoms with van der Waals surface area (Å²) in [6.07, 6.45) is 2.50. The Kier molecular flexibility index (Phi) is 7.51. The fourth-order valence-corrected chi connectivity index (χ4v) is 1.43. The minimum atomic E-state index is 0.286. The van der Waals surface area contributed by atoms with E-state index in [1.807, 2.05) is 0 Å². The fourth-order valence-electron chi connectivity index (χ4n) is 1.43. The molecule has 0 aromatic heterocycles. The van der Waals surface area contributed by atoms with Crippen LogP contribution in [0.15, 0.2) is 0 Å². The maximum absolute atomic E-state index is 8.78. The monoisotopic (exact) mass is 173 g/mol. The number of rotatable bonds is 7. The highest BCUT2D eigenvalue weighted by Crippen LogP contribution is 2.09. The third kappa shape index (κ3) is 4.73. The predicted octanol–water partition coefficient (Wildman–Crippen LogP) is 1.74. The first-order valence-corrected chi connectivity index (χ1v) is 5.11. The van der Waals surface area contributed by atoms with Crippen LogP contribution in [0.2, 0.25) is 0 Å². The molecule has 0 spiro atoms. The van der Waals surface area contributed by atoms with Gasteiger partial charge in [0, 0.05) is 13.1 Å². The number of nitrogens with zero attached hydrogens (tertiary/aromatic N) is 1. The standard InChI is InChI=1S/C10H23NO/c1-4-10(5-2)9-11(6-3)7-8-12/h10,12H,4-9H2,1-3H3. The molecule has 2 nitrogen and oxygen atoms in total. The van der Waals surface area contributed by atoms with E-state index < -0.39 is 0 Å². The zero-order valence-electron chi connectivity index (χ0n) is 8.71. The Balaban J connectivity index is 3.65. The lowest BCUT2D eigenvalue weighted by molar-refractivity contribution is 0.178. The van der Waals surface area contributed by atoms with Crippen molar-refractivity contribution in [1.82, 2.24) is 4.90 Å². The molecule has 0 aliphatic carbocycles. The lowest BCUT2D eigenvalue weighted by Crippen LogP contribution is -2.31. The number of aliphatic hydroxyl groups is 1. The quantitative estimate of drug-likeness (QED) is 0.634. The van der Waals surface area contributed by atoms with Crippen LogP contribution in [0.3, 0.4) is 0 Å². The van der Waals surface area contributed by atoms with Crippen LogP contribution in [0.1, 0.15) is 33.6 Å². The van der Waals surface area contributed by atoms with Gasteiger partial charge in [-0.25, -0.2) is 0 Å². The Morgan fingerprint density at radius 2 is 1.75 bits per heavy atom. The highest BCUT2D eigenvalue weighted by atomic mass is 16.3. The normalized spacial score (nSPS) is 11.5. The van der Waals surface area contributed by atoms with Gasteiger partial charge < -0.3 is 10.0 Å². The van der Waals surface area contributed by atoms with E-state index in [9.17, 15) is 0 Å². The van der Waals surface area contributed by atoms with Crippen molar-refractivity contribution in [1.29, 1.82) is 0 Å². The smallest absolute Gasteiger partial charge is 0.0558 e. The van der Waals surface area contributed by atoms with Crippen LogP contribution in [0.4, 0.5) is 0 Å². The fraction of sp³-hybridized carbons (Fsp3) is 1.00. The lowest BCUT2D eigenvalue weighted by atomic mass is 10.0. The van der Waals surface area contributed by atoms with Crippen molar-refractivity contribution >= 4 is 0 Å². The zero-order valence-corrected chi connectivity index (χ0v) is 8.71. The average Bonchev–Trinajstić information content (AvgIpc) is 2.12. The van der Waals surface area contributed by atoms with Gasteiger partial charge in [0.1, 0.15) is 0 Å². The van der Waals surface area contributed by atoms with Crippen molar-refractivity contribution in [2.75, 3.05) is 26.2 Å². The van der Waals surface area contributed by atoms with Crippen molar-refractivity contribution in [3.8, 4) is 0 Å². The first-order chi connectivity index (χ1) is 5.78. The molecule has 74 valence electrons. The largest absolute Gasteiger partial charge is 0.395 e. The first-order valence-electron chi connectivity index (χ1n) is 5.11. The lowest BCUT2D eigenvalue weighted by Gasteiger charge is -2.24. The highest BCUT2D eigenvalue weighted by molar-refractivity contribution is 4.62. The summed E-state index contributed by atoms with van der Waals surface area (Å²) in [5.74, 6) is 0.802. The van der Waals surface area contributed by atoms with Gasteiger partial charge in [-0.1, -0.05) is 33.6 Å². The summed E-state index contributed by atoms with van der Waals surface area (Å²) in [6.45, 7) is 9.93. The van der Waals surface area contributed by atoms with E-state index in [1.54, 1.807) is 0 Å². The molecule has 0 atom stereocenters. The maximum Gasteiger partial charge on any atom is 0.0558 e. The summed E-state index contributed by atoms with van der Waals surface area (Å²) in [7, 11) is 0. The van der Waals surface area contributed by atoms with Crippen LogP contribution in [-0.4, -0.2) is 36.2 Å². The van der Waals surface area contributed by atoms with E-state index in [1.165, 1.54) is 12.8 Å². The van der Waals surface area contributed by atoms with Crippen LogP contribution in [0.5, 0.6) is 0 Å². The molecule has 0 saturated carbocycles. The third-order valence-corrected chi connectivity index (χ3v) is 2.53. The number of likely N-dealkylation sites (N-methyl/N-ethyl adjacent to an activating group) is 1. The molecule has 0 bridgehead atoms. The van der Waals surface area contributed by atoms with Gasteiger partial charge in [-0.15, -0.1) is 0 Å². The summed E-state index contributed by atoms with van der Waals surface area (Å²) >= 11 is 0. The predicted molar refractivity (Wildman–Crippen MR) is 53.3 cm³/mol. The number of aliphatic hydroxyl groups excluding tert-OH is 1. The molecule has 0 fully saturated rings. The van der Waals surface area contributed by atoms with Gasteiger partial charge in [0.2, 0.25) is 0 Å². The molecule has 0 aromatic carbocycles. The van der Waals surface area contributed by atoms with Gasteiger partial charge >= 0.3 is 0 Å². The first kappa shape index (κ1) is 11.9. The topological polar surface area (TPSA) is 23.5 Å². The Morgan fingerprint density at radius 1 is 1.17 bits per heavy atom. The van der Waals surface area contributed by atoms with E-state index in [0.717, 1.165) is 25.6 Å². The van der Waals surface area contributed by atoms with Crippen molar-refractivity contribution in [2.24, 2.45) is 5.92 Å². The molecule has 0 aliphatic heterocycles. The van der Waals surface area contributed by atoms with E-state index in [0.29, 0.717) is 0 Å². The molecule has 0 amide bonds. The van der Waals surface area contributed by atoms with Crippen molar-refractivity contribution in [3.63, 3.8) is 0 Å². The Morgan fingerprint density at radius 3 is 2.08 bits per heavy atom. The van der Waals surface area contributed by atoms with Crippen molar-refractivity contribution in [2.45, 2.75) is 33.6 Å². The maximum atomic E-state index is 8.78. The molecular formula is C10H23NO. The van der Waals surface area contributed by atoms with Crippen molar-refractivity contribution < 1.29 is 5.11 Å². The number of hydrogen-bond donors (Lipinski definition) is 1. The molecule has 0 radical (unpaired) electrons. The second-order valence-electron chi connectivity index (χ2n) is 3.30. The summed E-state index contributed by atoms with van der Waals surface area (Å²) in [5.41, 5.74) is 0. The Hall–Kier alpha value is -0.0800. The van der Waals surface area contributed by atoms with Gasteiger partial charge in [0.25, 0.3) is 0 Å². The zero-order chi connectivity index (χ0) is 9.40. The SMILES string of the molecule is CCC(CC)CN(CC)CCO. The van der Waals surface area contributed by atoms with Gasteiger partial charge in [0.15, 0.2) is 0 Å². The van der Waals surface area contributed by atoms with Crippen LogP contribution < -0.4 is 0 Å². The molecule has 0 unspecified atom stereocenters. The highest BCUT2D eigenvalue weighted by Gasteiger charge is 2.08. The second kappa shape index (κ2) is 7.56. The van der Waals surface area contributed by atoms with Crippen molar-refractivity contribution in [3.05, 3.63) is 0 Å². The summed E-state index contributed by atoms with van der Waals surface area (Å²) < 4.78 is 0. The molecular weight excluding hydrogens is 150 g/mol. The van der Waals surface area contributed by atoms with Crippen LogP contribution in [-0.2, 0) is 0 Å². The van der Waals surface area contributed by atoms with Crippen LogP contribution in [0.25, 0.3) is 0 Å². The second-order valence-corrected chi connectivity index (χ2v) is 3.30. The van der Waals surface area contributed by atoms with Gasteiger partial charge in [-0.05, 0) is 12.5 Å². The van der Waals surface area contributed by atoms with Crippen LogP contribution in [0, 0.1) is 5.92 Å². The van der Waals surface area contributed by atoms with Gasteiger partial charge in [0.05, 0.1) is 6.61 Å². The summed E-state index contributed by atoms with van der Waals surface area (Å²) in [5, 5.41) is 8.78. The van der Waals surface area contributed by atoms with E-state index in [2.05, 4.69) is 25.7 Å². The van der Waals surface area contributed by atoms with Gasteiger partial charge in [-0.2, -0.15) is 0 Å². The molecule has 0 heterocycles. The molecule has 0 aromatic rings. The average molecular weight is 173 g/mol. The molecule has 1 N–H and O–H groups in total. The van der Waals surface area contributed by atoms with E-state index in [4.69, 9.17) is 5.11 Å². The van der Waals surface area contributed by atoms with Gasteiger partial charge in [-0.3, -0.25) is 0 Å². The van der Waals surface area contributed by atoms with Crippen LogP contribution >= 0.6 is 0 Å². The minimum Gasteiger partial charge on any atom is -0.395 e. The summed E-state index contributed by atoms with van der Waals surface area (Å²) in [6, 6.07) is 0.